The van der Waals surface area contributed by atoms with E-state index in [1.54, 1.807) is 22.7 Å². The van der Waals surface area contributed by atoms with Gasteiger partial charge in [-0.2, -0.15) is 0 Å². The third-order valence-corrected chi connectivity index (χ3v) is 21.6. The Balaban J connectivity index is 0.000000145. The molecule has 106 heavy (non-hydrogen) atoms. The zero-order chi connectivity index (χ0) is 70.3. The highest BCUT2D eigenvalue weighted by molar-refractivity contribution is 7.27. The highest BCUT2D eigenvalue weighted by Crippen LogP contribution is 2.46. The van der Waals surface area contributed by atoms with Crippen LogP contribution >= 0.6 is 22.7 Å². The van der Waals surface area contributed by atoms with Crippen LogP contribution in [0.15, 0.2) is 352 Å². The van der Waals surface area contributed by atoms with E-state index in [0.29, 0.717) is 34.9 Å². The summed E-state index contributed by atoms with van der Waals surface area (Å²) in [6.07, 6.45) is 5.53. The molecule has 0 aliphatic carbocycles. The lowest BCUT2D eigenvalue weighted by atomic mass is 9.98. The first-order valence-electron chi connectivity index (χ1n) is 35.0. The molecule has 496 valence electrons. The average Bonchev–Trinajstić information content (AvgIpc) is 1.51. The largest absolute Gasteiger partial charge is 0.262 e. The molecule has 0 bridgehead atoms. The van der Waals surface area contributed by atoms with Gasteiger partial charge >= 0.3 is 0 Å². The summed E-state index contributed by atoms with van der Waals surface area (Å²) in [5.41, 5.74) is 20.1. The molecule has 0 aliphatic heterocycles. The molecular formula is C94H58N10S2. The molecule has 0 fully saturated rings. The third kappa shape index (κ3) is 12.2. The molecule has 12 aromatic carbocycles. The van der Waals surface area contributed by atoms with E-state index in [9.17, 15) is 0 Å². The van der Waals surface area contributed by atoms with Gasteiger partial charge in [0.15, 0.2) is 40.6 Å². The van der Waals surface area contributed by atoms with Crippen molar-refractivity contribution in [1.29, 1.82) is 0 Å². The molecule has 0 spiro atoms. The van der Waals surface area contributed by atoms with E-state index in [-0.39, 0.29) is 0 Å². The fourth-order valence-electron chi connectivity index (χ4n) is 14.0. The fourth-order valence-corrected chi connectivity index (χ4v) is 16.5. The third-order valence-electron chi connectivity index (χ3n) is 19.2. The van der Waals surface area contributed by atoms with E-state index in [0.717, 1.165) is 111 Å². The first kappa shape index (κ1) is 63.2. The predicted molar refractivity (Wildman–Crippen MR) is 437 cm³/mol. The first-order valence-corrected chi connectivity index (χ1v) is 36.6. The Labute approximate surface area is 618 Å². The second-order valence-corrected chi connectivity index (χ2v) is 28.0. The average molecular weight is 1390 g/mol. The van der Waals surface area contributed by atoms with Gasteiger partial charge in [-0.25, -0.2) is 44.9 Å². The molecule has 12 heteroatoms. The monoisotopic (exact) mass is 1390 g/mol. The molecule has 8 heterocycles. The number of rotatable bonds is 12. The molecule has 0 aliphatic rings. The Morgan fingerprint density at radius 3 is 0.981 bits per heavy atom. The highest BCUT2D eigenvalue weighted by Gasteiger charge is 2.21. The fraction of sp³-hybridized carbons (Fsp3) is 0. The van der Waals surface area contributed by atoms with Crippen LogP contribution in [0.3, 0.4) is 0 Å². The molecule has 0 saturated carbocycles. The van der Waals surface area contributed by atoms with Crippen LogP contribution < -0.4 is 0 Å². The number of fused-ring (bicyclic) bond motifs is 10. The van der Waals surface area contributed by atoms with E-state index in [2.05, 4.69) is 265 Å². The van der Waals surface area contributed by atoms with E-state index in [1.807, 2.05) is 97.5 Å². The first-order chi connectivity index (χ1) is 52.5. The van der Waals surface area contributed by atoms with Crippen LogP contribution in [0, 0.1) is 0 Å². The van der Waals surface area contributed by atoms with Crippen LogP contribution in [-0.2, 0) is 0 Å². The summed E-state index contributed by atoms with van der Waals surface area (Å²) in [5.74, 6) is 3.76. The van der Waals surface area contributed by atoms with Gasteiger partial charge < -0.3 is 0 Å². The van der Waals surface area contributed by atoms with Gasteiger partial charge in [0.05, 0.1) is 32.5 Å². The normalized spacial score (nSPS) is 11.4. The van der Waals surface area contributed by atoms with Crippen molar-refractivity contribution >= 4 is 85.0 Å². The molecule has 20 aromatic rings. The van der Waals surface area contributed by atoms with Gasteiger partial charge in [0, 0.05) is 98.6 Å². The van der Waals surface area contributed by atoms with Gasteiger partial charge in [0.1, 0.15) is 0 Å². The van der Waals surface area contributed by atoms with Crippen LogP contribution in [-0.4, -0.2) is 49.8 Å². The molecule has 20 rings (SSSR count). The maximum atomic E-state index is 5.19. The van der Waals surface area contributed by atoms with Gasteiger partial charge in [-0.05, 0) is 99.1 Å². The molecule has 0 atom stereocenters. The van der Waals surface area contributed by atoms with Crippen molar-refractivity contribution in [2.75, 3.05) is 0 Å². The highest BCUT2D eigenvalue weighted by atomic mass is 32.1. The van der Waals surface area contributed by atoms with Crippen molar-refractivity contribution in [2.45, 2.75) is 0 Å². The zero-order valence-corrected chi connectivity index (χ0v) is 58.4. The second-order valence-electron chi connectivity index (χ2n) is 25.8. The second kappa shape index (κ2) is 27.5. The van der Waals surface area contributed by atoms with Gasteiger partial charge in [0.25, 0.3) is 0 Å². The van der Waals surface area contributed by atoms with Crippen LogP contribution in [0.2, 0.25) is 0 Å². The van der Waals surface area contributed by atoms with Crippen LogP contribution in [0.25, 0.3) is 198 Å². The van der Waals surface area contributed by atoms with Crippen molar-refractivity contribution in [3.63, 3.8) is 0 Å². The summed E-state index contributed by atoms with van der Waals surface area (Å²) in [6, 6.07) is 115. The summed E-state index contributed by atoms with van der Waals surface area (Å²) in [6.45, 7) is 0. The molecule has 8 aromatic heterocycles. The van der Waals surface area contributed by atoms with Crippen molar-refractivity contribution in [3.05, 3.63) is 352 Å². The molecule has 0 amide bonds. The lowest BCUT2D eigenvalue weighted by molar-refractivity contribution is 1.07. The minimum Gasteiger partial charge on any atom is -0.262 e. The lowest BCUT2D eigenvalue weighted by Crippen LogP contribution is -2.00. The van der Waals surface area contributed by atoms with Crippen LogP contribution in [0.1, 0.15) is 0 Å². The Hall–Kier alpha value is -13.8. The predicted octanol–water partition coefficient (Wildman–Crippen LogP) is 24.4. The van der Waals surface area contributed by atoms with Gasteiger partial charge in [-0.15, -0.1) is 22.7 Å². The molecule has 10 nitrogen and oxygen atoms in total. The maximum Gasteiger partial charge on any atom is 0.164 e. The molecule has 0 unspecified atom stereocenters. The van der Waals surface area contributed by atoms with Crippen molar-refractivity contribution in [2.24, 2.45) is 0 Å². The van der Waals surface area contributed by atoms with Crippen LogP contribution in [0.5, 0.6) is 0 Å². The van der Waals surface area contributed by atoms with Crippen molar-refractivity contribution < 1.29 is 0 Å². The quantitative estimate of drug-likeness (QED) is 0.117. The summed E-state index contributed by atoms with van der Waals surface area (Å²) in [7, 11) is 0. The van der Waals surface area contributed by atoms with Crippen molar-refractivity contribution in [1.82, 2.24) is 49.8 Å². The zero-order valence-electron chi connectivity index (χ0n) is 56.8. The van der Waals surface area contributed by atoms with Gasteiger partial charge in [0.2, 0.25) is 0 Å². The number of hydrogen-bond acceptors (Lipinski definition) is 12. The van der Waals surface area contributed by atoms with E-state index >= 15 is 0 Å². The Bertz CT molecular complexity index is 6290. The van der Waals surface area contributed by atoms with Gasteiger partial charge in [-0.3, -0.25) is 4.98 Å². The number of hydrogen-bond donors (Lipinski definition) is 0. The Kier molecular flexibility index (Phi) is 16.4. The molecule has 0 saturated heterocycles. The van der Waals surface area contributed by atoms with Gasteiger partial charge in [-0.1, -0.05) is 279 Å². The molecular weight excluding hydrogens is 1330 g/mol. The van der Waals surface area contributed by atoms with E-state index < -0.39 is 0 Å². The van der Waals surface area contributed by atoms with Crippen molar-refractivity contribution in [3.8, 4) is 135 Å². The topological polar surface area (TPSA) is 129 Å². The number of benzene rings is 12. The number of pyridine rings is 4. The Morgan fingerprint density at radius 1 is 0.208 bits per heavy atom. The summed E-state index contributed by atoms with van der Waals surface area (Å²) < 4.78 is 4.83. The summed E-state index contributed by atoms with van der Waals surface area (Å²) >= 11 is 3.58. The minimum absolute atomic E-state index is 0.619. The van der Waals surface area contributed by atoms with E-state index in [4.69, 9.17) is 39.9 Å². The van der Waals surface area contributed by atoms with E-state index in [1.165, 1.54) is 51.5 Å². The minimum atomic E-state index is 0.619. The summed E-state index contributed by atoms with van der Waals surface area (Å²) in [4.78, 5) is 49.5. The number of nitrogens with zero attached hydrogens (tertiary/aromatic N) is 10. The summed E-state index contributed by atoms with van der Waals surface area (Å²) in [5, 5.41) is 7.12. The molecule has 0 radical (unpaired) electrons. The lowest BCUT2D eigenvalue weighted by Gasteiger charge is -2.11. The number of thiophene rings is 2. The smallest absolute Gasteiger partial charge is 0.164 e. The SMILES string of the molecule is c1ccc(-c2ccc(-c3nc(-c4ccccc4)nc(-c4cccc(-c5cccc(-c6nc7cnccc7c7c6sc6ccccc67)c5)c4)n3)cc2)cc1.c1ccc(-c2ccc(-c3nc(-c4ccccc4)nc(-c4cccc(-c5cccc(-c6nc7ncccc7c7c6sc6ccccc67)c5)c4)n3)cc2)cc1. The molecule has 0 N–H and O–H groups in total. The maximum absolute atomic E-state index is 5.19. The van der Waals surface area contributed by atoms with Crippen LogP contribution in [0.4, 0.5) is 0 Å². The standard InChI is InChI=1S/2C47H29N5S/c1-3-12-30(13-4-1)31-23-25-33(26-24-31)45-50-44(32-14-5-2-6-15-32)51-46(52-45)37-19-10-17-35(29-37)34-16-9-18-36(28-34)42-43-41(38-20-7-8-22-40(38)53-43)39-21-11-27-48-47(39)49-42;1-3-11-30(12-4-1)31-21-23-33(24-22-31)46-50-45(32-13-5-2-6-14-32)51-47(52-46)37-18-10-16-35(28-37)34-15-9-17-36(27-34)43-44-42(38-25-26-48-29-40(38)49-43)39-19-7-8-20-41(39)53-44/h2*1-29H. The number of aromatic nitrogens is 10. The Morgan fingerprint density at radius 2 is 0.528 bits per heavy atom.